The van der Waals surface area contributed by atoms with E-state index in [4.69, 9.17) is 5.73 Å². The van der Waals surface area contributed by atoms with Gasteiger partial charge in [-0.25, -0.2) is 0 Å². The summed E-state index contributed by atoms with van der Waals surface area (Å²) in [4.78, 5) is 16.1. The fourth-order valence-corrected chi connectivity index (χ4v) is 2.57. The number of hydrogen-bond acceptors (Lipinski definition) is 4. The molecule has 0 spiro atoms. The van der Waals surface area contributed by atoms with Gasteiger partial charge in [-0.15, -0.1) is 0 Å². The molecule has 1 heterocycles. The lowest BCUT2D eigenvalue weighted by atomic mass is 10.0. The highest BCUT2D eigenvalue weighted by Gasteiger charge is 2.30. The first-order valence-electron chi connectivity index (χ1n) is 7.41. The van der Waals surface area contributed by atoms with Crippen LogP contribution in [0.3, 0.4) is 0 Å². The fourth-order valence-electron chi connectivity index (χ4n) is 2.57. The lowest BCUT2D eigenvalue weighted by Crippen LogP contribution is -2.57. The van der Waals surface area contributed by atoms with Gasteiger partial charge in [0.25, 0.3) is 0 Å². The lowest BCUT2D eigenvalue weighted by molar-refractivity contribution is -0.137. The predicted molar refractivity (Wildman–Crippen MR) is 82.7 cm³/mol. The Morgan fingerprint density at radius 1 is 1.24 bits per heavy atom. The number of carbonyl (C=O) groups excluding carboxylic acids is 1. The maximum Gasteiger partial charge on any atom is 0.242 e. The van der Waals surface area contributed by atoms with Gasteiger partial charge < -0.3 is 15.7 Å². The number of β-amino-alcohol motifs (C(OH)–C–C–N with tert-alkyl or cyclic N) is 1. The number of piperazine rings is 1. The van der Waals surface area contributed by atoms with E-state index >= 15 is 0 Å². The van der Waals surface area contributed by atoms with Gasteiger partial charge in [0.05, 0.1) is 11.6 Å². The number of aliphatic hydroxyl groups excluding tert-OH is 1. The van der Waals surface area contributed by atoms with Gasteiger partial charge in [-0.1, -0.05) is 30.3 Å². The third-order valence-corrected chi connectivity index (χ3v) is 3.83. The third kappa shape index (κ3) is 4.27. The van der Waals surface area contributed by atoms with E-state index in [0.717, 1.165) is 18.7 Å². The predicted octanol–water partition coefficient (Wildman–Crippen LogP) is 0.602. The van der Waals surface area contributed by atoms with Gasteiger partial charge in [0.2, 0.25) is 5.91 Å². The number of benzene rings is 1. The van der Waals surface area contributed by atoms with E-state index in [1.165, 1.54) is 0 Å². The summed E-state index contributed by atoms with van der Waals surface area (Å²) >= 11 is 0. The molecule has 5 heteroatoms. The average Bonchev–Trinajstić information content (AvgIpc) is 2.47. The van der Waals surface area contributed by atoms with Crippen LogP contribution in [0, 0.1) is 0 Å². The summed E-state index contributed by atoms with van der Waals surface area (Å²) in [5.41, 5.74) is 5.97. The van der Waals surface area contributed by atoms with Crippen LogP contribution in [-0.4, -0.2) is 59.1 Å². The Hall–Kier alpha value is -1.43. The van der Waals surface area contributed by atoms with E-state index in [1.54, 1.807) is 13.8 Å². The second-order valence-electron chi connectivity index (χ2n) is 6.24. The summed E-state index contributed by atoms with van der Waals surface area (Å²) in [6.45, 7) is 6.94. The Bertz CT molecular complexity index is 462. The molecule has 1 aliphatic heterocycles. The molecule has 21 heavy (non-hydrogen) atoms. The SMILES string of the molecule is CC(C)(N)C(=O)N1CCN(CC(O)c2ccccc2)CC1. The zero-order chi connectivity index (χ0) is 15.5. The van der Waals surface area contributed by atoms with Crippen LogP contribution < -0.4 is 5.73 Å². The van der Waals surface area contributed by atoms with Crippen molar-refractivity contribution in [2.45, 2.75) is 25.5 Å². The Morgan fingerprint density at radius 3 is 2.33 bits per heavy atom. The molecule has 3 N–H and O–H groups in total. The number of aliphatic hydroxyl groups is 1. The summed E-state index contributed by atoms with van der Waals surface area (Å²) in [5.74, 6) is -0.00856. The molecule has 1 saturated heterocycles. The second kappa shape index (κ2) is 6.56. The highest BCUT2D eigenvalue weighted by Crippen LogP contribution is 2.15. The van der Waals surface area contributed by atoms with Gasteiger partial charge in [0.15, 0.2) is 0 Å². The summed E-state index contributed by atoms with van der Waals surface area (Å²) in [7, 11) is 0. The molecule has 0 aliphatic carbocycles. The summed E-state index contributed by atoms with van der Waals surface area (Å²) in [6.07, 6.45) is -0.487. The van der Waals surface area contributed by atoms with Gasteiger partial charge in [-0.2, -0.15) is 0 Å². The van der Waals surface area contributed by atoms with Gasteiger partial charge in [-0.05, 0) is 19.4 Å². The normalized spacial score (nSPS) is 18.6. The second-order valence-corrected chi connectivity index (χ2v) is 6.24. The monoisotopic (exact) mass is 291 g/mol. The number of carbonyl (C=O) groups is 1. The van der Waals surface area contributed by atoms with Crippen LogP contribution in [0.15, 0.2) is 30.3 Å². The van der Waals surface area contributed by atoms with Crippen LogP contribution in [0.1, 0.15) is 25.5 Å². The smallest absolute Gasteiger partial charge is 0.242 e. The summed E-state index contributed by atoms with van der Waals surface area (Å²) in [5, 5.41) is 10.2. The summed E-state index contributed by atoms with van der Waals surface area (Å²) < 4.78 is 0. The van der Waals surface area contributed by atoms with E-state index in [9.17, 15) is 9.90 Å². The molecule has 1 amide bonds. The molecule has 1 aromatic carbocycles. The molecule has 2 rings (SSSR count). The first-order chi connectivity index (χ1) is 9.88. The van der Waals surface area contributed by atoms with E-state index in [0.29, 0.717) is 19.6 Å². The minimum atomic E-state index is -0.814. The number of nitrogens with zero attached hydrogens (tertiary/aromatic N) is 2. The van der Waals surface area contributed by atoms with E-state index < -0.39 is 11.6 Å². The number of hydrogen-bond donors (Lipinski definition) is 2. The maximum atomic E-state index is 12.1. The van der Waals surface area contributed by atoms with Crippen molar-refractivity contribution in [3.63, 3.8) is 0 Å². The van der Waals surface area contributed by atoms with Gasteiger partial charge in [-0.3, -0.25) is 9.69 Å². The lowest BCUT2D eigenvalue weighted by Gasteiger charge is -2.38. The molecule has 5 nitrogen and oxygen atoms in total. The van der Waals surface area contributed by atoms with Crippen LogP contribution in [0.4, 0.5) is 0 Å². The minimum absolute atomic E-state index is 0.00856. The molecule has 1 aromatic rings. The third-order valence-electron chi connectivity index (χ3n) is 3.83. The average molecular weight is 291 g/mol. The molecule has 0 radical (unpaired) electrons. The molecule has 1 aliphatic rings. The van der Waals surface area contributed by atoms with Crippen molar-refractivity contribution in [3.8, 4) is 0 Å². The maximum absolute atomic E-state index is 12.1. The number of nitrogens with two attached hydrogens (primary N) is 1. The van der Waals surface area contributed by atoms with Crippen molar-refractivity contribution >= 4 is 5.91 Å². The highest BCUT2D eigenvalue weighted by atomic mass is 16.3. The van der Waals surface area contributed by atoms with Crippen molar-refractivity contribution in [3.05, 3.63) is 35.9 Å². The Labute approximate surface area is 126 Å². The molecule has 0 saturated carbocycles. The molecular weight excluding hydrogens is 266 g/mol. The standard InChI is InChI=1S/C16H25N3O2/c1-16(2,17)15(21)19-10-8-18(9-11-19)12-14(20)13-6-4-3-5-7-13/h3-7,14,20H,8-12,17H2,1-2H3. The van der Waals surface area contributed by atoms with Crippen LogP contribution in [-0.2, 0) is 4.79 Å². The van der Waals surface area contributed by atoms with Gasteiger partial charge >= 0.3 is 0 Å². The largest absolute Gasteiger partial charge is 0.387 e. The van der Waals surface area contributed by atoms with Crippen molar-refractivity contribution in [1.29, 1.82) is 0 Å². The molecule has 1 fully saturated rings. The van der Waals surface area contributed by atoms with Crippen molar-refractivity contribution in [2.75, 3.05) is 32.7 Å². The molecule has 116 valence electrons. The van der Waals surface area contributed by atoms with Crippen LogP contribution in [0.5, 0.6) is 0 Å². The summed E-state index contributed by atoms with van der Waals surface area (Å²) in [6, 6.07) is 9.66. The van der Waals surface area contributed by atoms with Gasteiger partial charge in [0.1, 0.15) is 0 Å². The van der Waals surface area contributed by atoms with Crippen LogP contribution in [0.2, 0.25) is 0 Å². The molecule has 1 unspecified atom stereocenters. The molecule has 0 bridgehead atoms. The molecular formula is C16H25N3O2. The number of rotatable bonds is 4. The number of amides is 1. The Balaban J connectivity index is 1.83. The van der Waals surface area contributed by atoms with E-state index in [-0.39, 0.29) is 5.91 Å². The van der Waals surface area contributed by atoms with Crippen molar-refractivity contribution in [1.82, 2.24) is 9.80 Å². The zero-order valence-corrected chi connectivity index (χ0v) is 12.8. The van der Waals surface area contributed by atoms with Gasteiger partial charge in [0, 0.05) is 32.7 Å². The Morgan fingerprint density at radius 2 is 1.81 bits per heavy atom. The quantitative estimate of drug-likeness (QED) is 0.852. The first kappa shape index (κ1) is 15.9. The highest BCUT2D eigenvalue weighted by molar-refractivity contribution is 5.85. The van der Waals surface area contributed by atoms with Crippen LogP contribution in [0.25, 0.3) is 0 Å². The molecule has 0 aromatic heterocycles. The zero-order valence-electron chi connectivity index (χ0n) is 12.8. The fraction of sp³-hybridized carbons (Fsp3) is 0.562. The first-order valence-corrected chi connectivity index (χ1v) is 7.41. The van der Waals surface area contributed by atoms with Crippen molar-refractivity contribution in [2.24, 2.45) is 5.73 Å². The minimum Gasteiger partial charge on any atom is -0.387 e. The van der Waals surface area contributed by atoms with Crippen LogP contribution >= 0.6 is 0 Å². The molecule has 1 atom stereocenters. The topological polar surface area (TPSA) is 69.8 Å². The van der Waals surface area contributed by atoms with Crippen molar-refractivity contribution < 1.29 is 9.90 Å². The van der Waals surface area contributed by atoms with E-state index in [1.807, 2.05) is 35.2 Å². The van der Waals surface area contributed by atoms with E-state index in [2.05, 4.69) is 4.90 Å². The Kier molecular flexibility index (Phi) is 4.98.